The summed E-state index contributed by atoms with van der Waals surface area (Å²) in [5, 5.41) is 8.34. The first kappa shape index (κ1) is 14.6. The molecule has 0 aliphatic heterocycles. The van der Waals surface area contributed by atoms with Gasteiger partial charge in [-0.1, -0.05) is 13.3 Å². The van der Waals surface area contributed by atoms with Gasteiger partial charge in [0.1, 0.15) is 5.78 Å². The standard InChI is InChI=1S/C11H18O5/c1-2-3-8-16-11(15)7-5-9(12)4-6-10(13)14/h2-8H2,1H3,(H,13,14). The highest BCUT2D eigenvalue weighted by atomic mass is 16.5. The quantitative estimate of drug-likeness (QED) is 0.480. The summed E-state index contributed by atoms with van der Waals surface area (Å²) in [5.74, 6) is -1.61. The minimum atomic E-state index is -1.00. The van der Waals surface area contributed by atoms with E-state index in [1.54, 1.807) is 0 Å². The molecule has 0 unspecified atom stereocenters. The third-order valence-corrected chi connectivity index (χ3v) is 1.99. The third kappa shape index (κ3) is 9.18. The van der Waals surface area contributed by atoms with Crippen molar-refractivity contribution in [1.29, 1.82) is 0 Å². The number of carboxylic acids is 1. The Morgan fingerprint density at radius 3 is 2.25 bits per heavy atom. The molecule has 0 bridgehead atoms. The number of aliphatic carboxylic acids is 1. The summed E-state index contributed by atoms with van der Waals surface area (Å²) < 4.78 is 4.85. The van der Waals surface area contributed by atoms with E-state index < -0.39 is 11.9 Å². The molecule has 0 saturated carbocycles. The van der Waals surface area contributed by atoms with Crippen molar-refractivity contribution in [3.8, 4) is 0 Å². The molecule has 0 radical (unpaired) electrons. The molecule has 5 nitrogen and oxygen atoms in total. The lowest BCUT2D eigenvalue weighted by Gasteiger charge is -2.02. The van der Waals surface area contributed by atoms with Crippen molar-refractivity contribution in [2.75, 3.05) is 6.61 Å². The lowest BCUT2D eigenvalue weighted by Crippen LogP contribution is -2.09. The van der Waals surface area contributed by atoms with Gasteiger partial charge in [0.25, 0.3) is 0 Å². The topological polar surface area (TPSA) is 80.7 Å². The molecule has 0 saturated heterocycles. The summed E-state index contributed by atoms with van der Waals surface area (Å²) in [6.45, 7) is 2.38. The number of carbonyl (C=O) groups excluding carboxylic acids is 2. The largest absolute Gasteiger partial charge is 0.481 e. The van der Waals surface area contributed by atoms with Gasteiger partial charge in [0.15, 0.2) is 0 Å². The second-order valence-electron chi connectivity index (χ2n) is 3.51. The Bertz CT molecular complexity index is 247. The monoisotopic (exact) mass is 230 g/mol. The van der Waals surface area contributed by atoms with Crippen LogP contribution in [0.25, 0.3) is 0 Å². The molecule has 0 spiro atoms. The van der Waals surface area contributed by atoms with E-state index in [4.69, 9.17) is 9.84 Å². The Balaban J connectivity index is 3.51. The SMILES string of the molecule is CCCCOC(=O)CCC(=O)CCC(=O)O. The van der Waals surface area contributed by atoms with Crippen LogP contribution >= 0.6 is 0 Å². The van der Waals surface area contributed by atoms with E-state index in [-0.39, 0.29) is 31.5 Å². The van der Waals surface area contributed by atoms with Gasteiger partial charge in [0, 0.05) is 12.8 Å². The minimum absolute atomic E-state index is 0.0163. The summed E-state index contributed by atoms with van der Waals surface area (Å²) in [4.78, 5) is 32.4. The highest BCUT2D eigenvalue weighted by molar-refractivity contribution is 5.85. The number of rotatable bonds is 9. The number of ketones is 1. The van der Waals surface area contributed by atoms with Crippen LogP contribution in [0.4, 0.5) is 0 Å². The summed E-state index contributed by atoms with van der Waals surface area (Å²) in [6.07, 6.45) is 1.69. The fourth-order valence-electron chi connectivity index (χ4n) is 1.02. The summed E-state index contributed by atoms with van der Waals surface area (Å²) in [6, 6.07) is 0. The highest BCUT2D eigenvalue weighted by Crippen LogP contribution is 2.01. The van der Waals surface area contributed by atoms with Crippen molar-refractivity contribution >= 4 is 17.7 Å². The zero-order valence-corrected chi connectivity index (χ0v) is 9.53. The maximum Gasteiger partial charge on any atom is 0.306 e. The molecule has 0 aromatic heterocycles. The summed E-state index contributed by atoms with van der Waals surface area (Å²) in [5.41, 5.74) is 0. The predicted octanol–water partition coefficient (Wildman–Crippen LogP) is 1.54. The van der Waals surface area contributed by atoms with E-state index in [9.17, 15) is 14.4 Å². The molecular weight excluding hydrogens is 212 g/mol. The molecule has 0 rings (SSSR count). The van der Waals surface area contributed by atoms with E-state index in [1.807, 2.05) is 6.92 Å². The van der Waals surface area contributed by atoms with Crippen LogP contribution in [0.3, 0.4) is 0 Å². The highest BCUT2D eigenvalue weighted by Gasteiger charge is 2.09. The second-order valence-corrected chi connectivity index (χ2v) is 3.51. The molecular formula is C11H18O5. The second kappa shape index (κ2) is 8.88. The zero-order valence-electron chi connectivity index (χ0n) is 9.53. The minimum Gasteiger partial charge on any atom is -0.481 e. The molecule has 5 heteroatoms. The lowest BCUT2D eigenvalue weighted by molar-refractivity contribution is -0.145. The first-order valence-electron chi connectivity index (χ1n) is 5.45. The Hall–Kier alpha value is -1.39. The van der Waals surface area contributed by atoms with Crippen LogP contribution in [0.1, 0.15) is 45.4 Å². The van der Waals surface area contributed by atoms with E-state index in [0.29, 0.717) is 6.61 Å². The Morgan fingerprint density at radius 2 is 1.69 bits per heavy atom. The first-order chi connectivity index (χ1) is 7.56. The summed E-state index contributed by atoms with van der Waals surface area (Å²) >= 11 is 0. The molecule has 0 aromatic carbocycles. The fraction of sp³-hybridized carbons (Fsp3) is 0.727. The molecule has 92 valence electrons. The van der Waals surface area contributed by atoms with Gasteiger partial charge in [0.05, 0.1) is 19.4 Å². The van der Waals surface area contributed by atoms with Crippen LogP contribution in [0.2, 0.25) is 0 Å². The van der Waals surface area contributed by atoms with Gasteiger partial charge < -0.3 is 9.84 Å². The van der Waals surface area contributed by atoms with E-state index in [1.165, 1.54) is 0 Å². The molecule has 0 fully saturated rings. The van der Waals surface area contributed by atoms with Crippen molar-refractivity contribution in [3.63, 3.8) is 0 Å². The molecule has 0 heterocycles. The number of unbranched alkanes of at least 4 members (excludes halogenated alkanes) is 1. The lowest BCUT2D eigenvalue weighted by atomic mass is 10.1. The average Bonchev–Trinajstić information content (AvgIpc) is 2.24. The fourth-order valence-corrected chi connectivity index (χ4v) is 1.02. The van der Waals surface area contributed by atoms with Gasteiger partial charge >= 0.3 is 11.9 Å². The van der Waals surface area contributed by atoms with Crippen molar-refractivity contribution in [1.82, 2.24) is 0 Å². The Morgan fingerprint density at radius 1 is 1.06 bits per heavy atom. The Labute approximate surface area is 94.8 Å². The molecule has 1 N–H and O–H groups in total. The van der Waals surface area contributed by atoms with E-state index in [2.05, 4.69) is 0 Å². The Kier molecular flexibility index (Phi) is 8.11. The zero-order chi connectivity index (χ0) is 12.4. The number of Topliss-reactive ketones (excluding diaryl/α,β-unsaturated/α-hetero) is 1. The average molecular weight is 230 g/mol. The smallest absolute Gasteiger partial charge is 0.306 e. The van der Waals surface area contributed by atoms with Crippen LogP contribution < -0.4 is 0 Å². The van der Waals surface area contributed by atoms with E-state index in [0.717, 1.165) is 12.8 Å². The predicted molar refractivity (Wildman–Crippen MR) is 57.0 cm³/mol. The molecule has 0 aliphatic rings. The van der Waals surface area contributed by atoms with Gasteiger partial charge in [-0.2, -0.15) is 0 Å². The van der Waals surface area contributed by atoms with Crippen LogP contribution in [0.5, 0.6) is 0 Å². The van der Waals surface area contributed by atoms with Gasteiger partial charge in [-0.25, -0.2) is 0 Å². The molecule has 0 aromatic rings. The van der Waals surface area contributed by atoms with Gasteiger partial charge in [-0.15, -0.1) is 0 Å². The van der Waals surface area contributed by atoms with Gasteiger partial charge in [0.2, 0.25) is 0 Å². The third-order valence-electron chi connectivity index (χ3n) is 1.99. The number of carboxylic acid groups (broad SMARTS) is 1. The van der Waals surface area contributed by atoms with E-state index >= 15 is 0 Å². The number of ether oxygens (including phenoxy) is 1. The van der Waals surface area contributed by atoms with Crippen LogP contribution in [-0.4, -0.2) is 29.4 Å². The molecule has 16 heavy (non-hydrogen) atoms. The molecule has 0 atom stereocenters. The number of hydrogen-bond acceptors (Lipinski definition) is 4. The van der Waals surface area contributed by atoms with Gasteiger partial charge in [-0.05, 0) is 6.42 Å². The van der Waals surface area contributed by atoms with Crippen molar-refractivity contribution in [3.05, 3.63) is 0 Å². The number of carbonyl (C=O) groups is 3. The maximum atomic E-state index is 11.1. The first-order valence-corrected chi connectivity index (χ1v) is 5.45. The number of esters is 1. The van der Waals surface area contributed by atoms with Crippen molar-refractivity contribution < 1.29 is 24.2 Å². The molecule has 0 aliphatic carbocycles. The van der Waals surface area contributed by atoms with Crippen LogP contribution in [0, 0.1) is 0 Å². The molecule has 0 amide bonds. The van der Waals surface area contributed by atoms with Crippen LogP contribution in [-0.2, 0) is 19.1 Å². The normalized spacial score (nSPS) is 9.81. The maximum absolute atomic E-state index is 11.1. The van der Waals surface area contributed by atoms with Crippen molar-refractivity contribution in [2.24, 2.45) is 0 Å². The summed E-state index contributed by atoms with van der Waals surface area (Å²) in [7, 11) is 0. The van der Waals surface area contributed by atoms with Crippen LogP contribution in [0.15, 0.2) is 0 Å². The number of hydrogen-bond donors (Lipinski definition) is 1. The van der Waals surface area contributed by atoms with Gasteiger partial charge in [-0.3, -0.25) is 14.4 Å². The van der Waals surface area contributed by atoms with Crippen molar-refractivity contribution in [2.45, 2.75) is 45.4 Å².